The molecular formula is C17H24N6O3. The molecule has 26 heavy (non-hydrogen) atoms. The van der Waals surface area contributed by atoms with Crippen molar-refractivity contribution >= 4 is 17.9 Å². The highest BCUT2D eigenvalue weighted by Gasteiger charge is 2.26. The molecule has 0 aliphatic carbocycles. The number of nitrogens with one attached hydrogen (secondary N) is 1. The van der Waals surface area contributed by atoms with Crippen LogP contribution in [0.2, 0.25) is 0 Å². The summed E-state index contributed by atoms with van der Waals surface area (Å²) in [5.41, 5.74) is 0. The van der Waals surface area contributed by atoms with E-state index in [2.05, 4.69) is 32.3 Å². The van der Waals surface area contributed by atoms with Crippen molar-refractivity contribution in [2.45, 2.75) is 52.0 Å². The minimum Gasteiger partial charge on any atom is -0.447 e. The topological polar surface area (TPSA) is 106 Å². The SMILES string of the molecule is CCCCC(Nc1nccc(N2CCOC2=O)n1)c1nc(C(C)C)no1. The number of carbonyl (C=O) groups excluding carboxylic acids is 1. The molecule has 3 rings (SSSR count). The zero-order chi connectivity index (χ0) is 18.5. The maximum Gasteiger partial charge on any atom is 0.415 e. The first kappa shape index (κ1) is 18.1. The van der Waals surface area contributed by atoms with Gasteiger partial charge in [-0.3, -0.25) is 4.90 Å². The molecule has 1 N–H and O–H groups in total. The van der Waals surface area contributed by atoms with Crippen LogP contribution in [-0.2, 0) is 4.74 Å². The number of cyclic esters (lactones) is 1. The number of anilines is 2. The molecule has 0 radical (unpaired) electrons. The highest BCUT2D eigenvalue weighted by atomic mass is 16.6. The molecule has 0 bridgehead atoms. The molecule has 0 saturated carbocycles. The van der Waals surface area contributed by atoms with Crippen LogP contribution in [0.1, 0.15) is 63.7 Å². The molecule has 1 atom stereocenters. The number of nitrogens with zero attached hydrogens (tertiary/aromatic N) is 5. The number of rotatable bonds is 8. The third-order valence-electron chi connectivity index (χ3n) is 4.10. The van der Waals surface area contributed by atoms with E-state index in [1.807, 2.05) is 13.8 Å². The van der Waals surface area contributed by atoms with E-state index in [-0.39, 0.29) is 12.0 Å². The molecule has 9 nitrogen and oxygen atoms in total. The van der Waals surface area contributed by atoms with Crippen molar-refractivity contribution in [2.75, 3.05) is 23.4 Å². The summed E-state index contributed by atoms with van der Waals surface area (Å²) in [6.07, 6.45) is 4.07. The fourth-order valence-corrected chi connectivity index (χ4v) is 2.62. The van der Waals surface area contributed by atoms with E-state index in [1.165, 1.54) is 4.90 Å². The Balaban J connectivity index is 1.78. The van der Waals surface area contributed by atoms with Gasteiger partial charge >= 0.3 is 6.09 Å². The number of ether oxygens (including phenoxy) is 1. The molecule has 0 spiro atoms. The highest BCUT2D eigenvalue weighted by molar-refractivity contribution is 5.88. The molecule has 1 amide bonds. The summed E-state index contributed by atoms with van der Waals surface area (Å²) in [4.78, 5) is 26.4. The largest absolute Gasteiger partial charge is 0.447 e. The maximum atomic E-state index is 11.7. The van der Waals surface area contributed by atoms with Crippen LogP contribution in [0.3, 0.4) is 0 Å². The second-order valence-corrected chi connectivity index (χ2v) is 6.49. The van der Waals surface area contributed by atoms with Gasteiger partial charge in [-0.2, -0.15) is 9.97 Å². The predicted molar refractivity (Wildman–Crippen MR) is 95.0 cm³/mol. The van der Waals surface area contributed by atoms with Crippen molar-refractivity contribution < 1.29 is 14.1 Å². The predicted octanol–water partition coefficient (Wildman–Crippen LogP) is 3.28. The first-order chi connectivity index (χ1) is 12.6. The van der Waals surface area contributed by atoms with E-state index in [9.17, 15) is 4.79 Å². The minimum atomic E-state index is -0.393. The van der Waals surface area contributed by atoms with Crippen LogP contribution in [-0.4, -0.2) is 39.4 Å². The van der Waals surface area contributed by atoms with E-state index in [4.69, 9.17) is 9.26 Å². The number of hydrogen-bond acceptors (Lipinski definition) is 8. The van der Waals surface area contributed by atoms with E-state index in [0.29, 0.717) is 36.6 Å². The molecule has 3 heterocycles. The molecule has 0 aromatic carbocycles. The van der Waals surface area contributed by atoms with Crippen LogP contribution in [0, 0.1) is 0 Å². The average Bonchev–Trinajstić information content (AvgIpc) is 3.28. The summed E-state index contributed by atoms with van der Waals surface area (Å²) in [5.74, 6) is 2.31. The van der Waals surface area contributed by atoms with Crippen molar-refractivity contribution in [1.82, 2.24) is 20.1 Å². The van der Waals surface area contributed by atoms with Gasteiger partial charge in [-0.1, -0.05) is 38.8 Å². The van der Waals surface area contributed by atoms with Crippen LogP contribution < -0.4 is 10.2 Å². The summed E-state index contributed by atoms with van der Waals surface area (Å²) in [6.45, 7) is 7.01. The fourth-order valence-electron chi connectivity index (χ4n) is 2.62. The van der Waals surface area contributed by atoms with Gasteiger partial charge in [0, 0.05) is 12.1 Å². The molecule has 1 fully saturated rings. The van der Waals surface area contributed by atoms with Gasteiger partial charge in [0.05, 0.1) is 6.54 Å². The van der Waals surface area contributed by atoms with Crippen LogP contribution in [0.15, 0.2) is 16.8 Å². The molecule has 140 valence electrons. The summed E-state index contributed by atoms with van der Waals surface area (Å²) in [5, 5.41) is 7.30. The number of amides is 1. The Kier molecular flexibility index (Phi) is 5.65. The molecule has 1 unspecified atom stereocenters. The second kappa shape index (κ2) is 8.11. The van der Waals surface area contributed by atoms with Crippen molar-refractivity contribution in [3.8, 4) is 0 Å². The smallest absolute Gasteiger partial charge is 0.415 e. The number of hydrogen-bond donors (Lipinski definition) is 1. The third-order valence-corrected chi connectivity index (χ3v) is 4.10. The minimum absolute atomic E-state index is 0.185. The Bertz CT molecular complexity index is 748. The van der Waals surface area contributed by atoms with Crippen LogP contribution >= 0.6 is 0 Å². The summed E-state index contributed by atoms with van der Waals surface area (Å²) in [7, 11) is 0. The van der Waals surface area contributed by atoms with Crippen LogP contribution in [0.5, 0.6) is 0 Å². The van der Waals surface area contributed by atoms with Gasteiger partial charge in [-0.15, -0.1) is 0 Å². The number of aromatic nitrogens is 4. The highest BCUT2D eigenvalue weighted by Crippen LogP contribution is 2.24. The molecular weight excluding hydrogens is 336 g/mol. The van der Waals surface area contributed by atoms with Gasteiger partial charge in [0.2, 0.25) is 11.8 Å². The van der Waals surface area contributed by atoms with E-state index < -0.39 is 6.09 Å². The number of unbranched alkanes of at least 4 members (excludes halogenated alkanes) is 1. The fraction of sp³-hybridized carbons (Fsp3) is 0.588. The van der Waals surface area contributed by atoms with Crippen LogP contribution in [0.25, 0.3) is 0 Å². The van der Waals surface area contributed by atoms with E-state index in [0.717, 1.165) is 19.3 Å². The Morgan fingerprint density at radius 3 is 2.85 bits per heavy atom. The molecule has 2 aromatic heterocycles. The van der Waals surface area contributed by atoms with Gasteiger partial charge in [0.15, 0.2) is 5.82 Å². The first-order valence-electron chi connectivity index (χ1n) is 8.95. The molecule has 2 aromatic rings. The Hall–Kier alpha value is -2.71. The summed E-state index contributed by atoms with van der Waals surface area (Å²) >= 11 is 0. The van der Waals surface area contributed by atoms with E-state index >= 15 is 0 Å². The summed E-state index contributed by atoms with van der Waals surface area (Å²) in [6, 6.07) is 1.50. The lowest BCUT2D eigenvalue weighted by atomic mass is 10.1. The van der Waals surface area contributed by atoms with Gasteiger partial charge in [0.1, 0.15) is 18.5 Å². The van der Waals surface area contributed by atoms with Gasteiger partial charge in [-0.05, 0) is 12.5 Å². The Labute approximate surface area is 152 Å². The standard InChI is InChI=1S/C17H24N6O3/c1-4-5-6-12(15-21-14(11(2)3)22-26-15)19-16-18-8-7-13(20-16)23-9-10-25-17(23)24/h7-8,11-12H,4-6,9-10H2,1-3H3,(H,18,19,20). The molecule has 1 aliphatic rings. The zero-order valence-electron chi connectivity index (χ0n) is 15.3. The lowest BCUT2D eigenvalue weighted by molar-refractivity contribution is 0.181. The monoisotopic (exact) mass is 360 g/mol. The normalized spacial score (nSPS) is 15.4. The van der Waals surface area contributed by atoms with Crippen molar-refractivity contribution in [3.05, 3.63) is 24.0 Å². The molecule has 1 saturated heterocycles. The Morgan fingerprint density at radius 2 is 2.19 bits per heavy atom. The van der Waals surface area contributed by atoms with Gasteiger partial charge < -0.3 is 14.6 Å². The van der Waals surface area contributed by atoms with Crippen molar-refractivity contribution in [1.29, 1.82) is 0 Å². The number of carbonyl (C=O) groups is 1. The van der Waals surface area contributed by atoms with E-state index in [1.54, 1.807) is 12.3 Å². The summed E-state index contributed by atoms with van der Waals surface area (Å²) < 4.78 is 10.4. The van der Waals surface area contributed by atoms with Gasteiger partial charge in [-0.25, -0.2) is 9.78 Å². The molecule has 1 aliphatic heterocycles. The molecule has 9 heteroatoms. The van der Waals surface area contributed by atoms with Crippen LogP contribution in [0.4, 0.5) is 16.6 Å². The average molecular weight is 360 g/mol. The lowest BCUT2D eigenvalue weighted by Crippen LogP contribution is -2.25. The lowest BCUT2D eigenvalue weighted by Gasteiger charge is -2.16. The first-order valence-corrected chi connectivity index (χ1v) is 8.95. The second-order valence-electron chi connectivity index (χ2n) is 6.49. The van der Waals surface area contributed by atoms with Crippen molar-refractivity contribution in [2.24, 2.45) is 0 Å². The quantitative estimate of drug-likeness (QED) is 0.764. The van der Waals surface area contributed by atoms with Crippen molar-refractivity contribution in [3.63, 3.8) is 0 Å². The Morgan fingerprint density at radius 1 is 1.35 bits per heavy atom. The third kappa shape index (κ3) is 4.09. The zero-order valence-corrected chi connectivity index (χ0v) is 15.3. The van der Waals surface area contributed by atoms with Gasteiger partial charge in [0.25, 0.3) is 0 Å². The maximum absolute atomic E-state index is 11.7.